The zero-order valence-corrected chi connectivity index (χ0v) is 14.9. The molecule has 0 aliphatic heterocycles. The van der Waals surface area contributed by atoms with Crippen molar-refractivity contribution < 1.29 is 4.79 Å². The van der Waals surface area contributed by atoms with Gasteiger partial charge in [0.25, 0.3) is 0 Å². The van der Waals surface area contributed by atoms with Crippen molar-refractivity contribution in [1.82, 2.24) is 0 Å². The second-order valence-electron chi connectivity index (χ2n) is 4.96. The molecule has 1 heterocycles. The molecule has 1 aromatic carbocycles. The molecular formula is C16H13BrN2OS2. The second kappa shape index (κ2) is 6.86. The normalized spacial score (nSPS) is 12.7. The molecule has 6 heteroatoms. The van der Waals surface area contributed by atoms with Crippen molar-refractivity contribution in [3.8, 4) is 6.07 Å². The van der Waals surface area contributed by atoms with E-state index in [1.165, 1.54) is 16.6 Å². The molecule has 3 nitrogen and oxygen atoms in total. The molecule has 0 spiro atoms. The number of hydrogen-bond acceptors (Lipinski definition) is 4. The third-order valence-corrected chi connectivity index (χ3v) is 6.22. The zero-order chi connectivity index (χ0) is 15.5. The van der Waals surface area contributed by atoms with Crippen LogP contribution in [0.2, 0.25) is 0 Å². The third-order valence-electron chi connectivity index (χ3n) is 3.47. The highest BCUT2D eigenvalue weighted by Gasteiger charge is 2.22. The molecule has 0 saturated heterocycles. The molecule has 1 aliphatic rings. The number of anilines is 1. The molecule has 0 saturated carbocycles. The minimum Gasteiger partial charge on any atom is -0.316 e. The van der Waals surface area contributed by atoms with Crippen LogP contribution in [0.5, 0.6) is 0 Å². The van der Waals surface area contributed by atoms with E-state index in [0.29, 0.717) is 16.3 Å². The number of halogens is 1. The Morgan fingerprint density at radius 3 is 2.86 bits per heavy atom. The molecule has 2 aromatic rings. The number of carbonyl (C=O) groups excluding carboxylic acids is 1. The van der Waals surface area contributed by atoms with Crippen molar-refractivity contribution in [2.75, 3.05) is 11.1 Å². The highest BCUT2D eigenvalue weighted by molar-refractivity contribution is 9.10. The summed E-state index contributed by atoms with van der Waals surface area (Å²) in [7, 11) is 0. The molecule has 1 aliphatic carbocycles. The number of thiophene rings is 1. The number of hydrogen-bond donors (Lipinski definition) is 1. The average molecular weight is 393 g/mol. The molecule has 22 heavy (non-hydrogen) atoms. The van der Waals surface area contributed by atoms with Gasteiger partial charge in [0, 0.05) is 14.2 Å². The van der Waals surface area contributed by atoms with Crippen LogP contribution in [0, 0.1) is 11.3 Å². The maximum absolute atomic E-state index is 12.1. The third kappa shape index (κ3) is 3.37. The van der Waals surface area contributed by atoms with Crippen LogP contribution >= 0.6 is 39.0 Å². The van der Waals surface area contributed by atoms with Gasteiger partial charge in [0.1, 0.15) is 11.1 Å². The molecule has 0 bridgehead atoms. The Morgan fingerprint density at radius 1 is 1.36 bits per heavy atom. The van der Waals surface area contributed by atoms with Crippen LogP contribution in [0.4, 0.5) is 5.00 Å². The lowest BCUT2D eigenvalue weighted by molar-refractivity contribution is -0.113. The fourth-order valence-corrected chi connectivity index (χ4v) is 4.67. The van der Waals surface area contributed by atoms with E-state index in [-0.39, 0.29) is 5.91 Å². The van der Waals surface area contributed by atoms with Crippen LogP contribution in [-0.2, 0) is 17.6 Å². The van der Waals surface area contributed by atoms with Crippen LogP contribution < -0.4 is 5.32 Å². The quantitative estimate of drug-likeness (QED) is 0.773. The van der Waals surface area contributed by atoms with Gasteiger partial charge in [0.15, 0.2) is 0 Å². The summed E-state index contributed by atoms with van der Waals surface area (Å²) in [5, 5.41) is 12.9. The molecule has 1 amide bonds. The van der Waals surface area contributed by atoms with Crippen molar-refractivity contribution in [3.63, 3.8) is 0 Å². The summed E-state index contributed by atoms with van der Waals surface area (Å²) in [4.78, 5) is 14.4. The molecule has 0 radical (unpaired) electrons. The molecule has 1 aromatic heterocycles. The Morgan fingerprint density at radius 2 is 2.14 bits per heavy atom. The SMILES string of the molecule is N#Cc1c(NC(=O)CSc2ccc(Br)cc2)sc2c1CCC2. The zero-order valence-electron chi connectivity index (χ0n) is 11.7. The lowest BCUT2D eigenvalue weighted by Crippen LogP contribution is -2.13. The number of benzene rings is 1. The van der Waals surface area contributed by atoms with Crippen LogP contribution in [0.3, 0.4) is 0 Å². The summed E-state index contributed by atoms with van der Waals surface area (Å²) in [5.41, 5.74) is 1.81. The van der Waals surface area contributed by atoms with Gasteiger partial charge in [-0.25, -0.2) is 0 Å². The van der Waals surface area contributed by atoms with Gasteiger partial charge in [0.2, 0.25) is 5.91 Å². The van der Waals surface area contributed by atoms with Gasteiger partial charge < -0.3 is 5.32 Å². The van der Waals surface area contributed by atoms with E-state index in [2.05, 4.69) is 27.3 Å². The molecular weight excluding hydrogens is 380 g/mol. The monoisotopic (exact) mass is 392 g/mol. The van der Waals surface area contributed by atoms with E-state index in [9.17, 15) is 10.1 Å². The first kappa shape index (κ1) is 15.6. The number of aryl methyl sites for hydroxylation is 1. The fourth-order valence-electron chi connectivity index (χ4n) is 2.45. The molecule has 1 N–H and O–H groups in total. The number of rotatable bonds is 4. The Labute approximate surface area is 145 Å². The van der Waals surface area contributed by atoms with Gasteiger partial charge in [-0.15, -0.1) is 23.1 Å². The fraction of sp³-hybridized carbons (Fsp3) is 0.250. The molecule has 3 rings (SSSR count). The van der Waals surface area contributed by atoms with Crippen molar-refractivity contribution >= 4 is 49.9 Å². The Hall–Kier alpha value is -1.29. The van der Waals surface area contributed by atoms with E-state index < -0.39 is 0 Å². The second-order valence-corrected chi connectivity index (χ2v) is 8.03. The molecule has 0 unspecified atom stereocenters. The number of carbonyl (C=O) groups is 1. The number of nitriles is 1. The average Bonchev–Trinajstić information content (AvgIpc) is 3.07. The van der Waals surface area contributed by atoms with Gasteiger partial charge in [0.05, 0.1) is 11.3 Å². The van der Waals surface area contributed by atoms with E-state index in [1.54, 1.807) is 11.3 Å². The summed E-state index contributed by atoms with van der Waals surface area (Å²) in [5.74, 6) is 0.277. The molecule has 0 atom stereocenters. The van der Waals surface area contributed by atoms with E-state index in [0.717, 1.165) is 34.2 Å². The van der Waals surface area contributed by atoms with Gasteiger partial charge >= 0.3 is 0 Å². The lowest BCUT2D eigenvalue weighted by Gasteiger charge is -2.04. The van der Waals surface area contributed by atoms with Crippen molar-refractivity contribution in [1.29, 1.82) is 5.26 Å². The van der Waals surface area contributed by atoms with Crippen molar-refractivity contribution in [2.45, 2.75) is 24.2 Å². The van der Waals surface area contributed by atoms with Gasteiger partial charge in [-0.1, -0.05) is 15.9 Å². The lowest BCUT2D eigenvalue weighted by atomic mass is 10.1. The molecule has 112 valence electrons. The maximum Gasteiger partial charge on any atom is 0.235 e. The largest absolute Gasteiger partial charge is 0.316 e. The van der Waals surface area contributed by atoms with E-state index in [1.807, 2.05) is 24.3 Å². The summed E-state index contributed by atoms with van der Waals surface area (Å²) in [6.45, 7) is 0. The standard InChI is InChI=1S/C16H13BrN2OS2/c17-10-4-6-11(7-5-10)21-9-15(20)19-16-13(8-18)12-2-1-3-14(12)22-16/h4-7H,1-3,9H2,(H,19,20). The Balaban J connectivity index is 1.63. The number of nitrogens with one attached hydrogen (secondary N) is 1. The Bertz CT molecular complexity index is 747. The number of fused-ring (bicyclic) bond motifs is 1. The predicted octanol–water partition coefficient (Wildman–Crippen LogP) is 4.60. The first-order chi connectivity index (χ1) is 10.7. The van der Waals surface area contributed by atoms with Crippen LogP contribution in [-0.4, -0.2) is 11.7 Å². The summed E-state index contributed by atoms with van der Waals surface area (Å²) in [6, 6.07) is 10.1. The first-order valence-electron chi connectivity index (χ1n) is 6.90. The topological polar surface area (TPSA) is 52.9 Å². The first-order valence-corrected chi connectivity index (χ1v) is 9.49. The minimum absolute atomic E-state index is 0.0654. The van der Waals surface area contributed by atoms with Crippen molar-refractivity contribution in [3.05, 3.63) is 44.7 Å². The van der Waals surface area contributed by atoms with Gasteiger partial charge in [-0.3, -0.25) is 4.79 Å². The highest BCUT2D eigenvalue weighted by atomic mass is 79.9. The highest BCUT2D eigenvalue weighted by Crippen LogP contribution is 2.38. The van der Waals surface area contributed by atoms with Gasteiger partial charge in [-0.05, 0) is 49.1 Å². The number of amides is 1. The molecule has 0 fully saturated rings. The van der Waals surface area contributed by atoms with E-state index >= 15 is 0 Å². The minimum atomic E-state index is -0.0654. The Kier molecular flexibility index (Phi) is 4.87. The summed E-state index contributed by atoms with van der Waals surface area (Å²) < 4.78 is 1.02. The maximum atomic E-state index is 12.1. The predicted molar refractivity (Wildman–Crippen MR) is 94.6 cm³/mol. The van der Waals surface area contributed by atoms with E-state index in [4.69, 9.17) is 0 Å². The smallest absolute Gasteiger partial charge is 0.235 e. The van der Waals surface area contributed by atoms with Gasteiger partial charge in [-0.2, -0.15) is 5.26 Å². The van der Waals surface area contributed by atoms with Crippen LogP contribution in [0.25, 0.3) is 0 Å². The summed E-state index contributed by atoms with van der Waals surface area (Å²) >= 11 is 6.43. The van der Waals surface area contributed by atoms with Crippen molar-refractivity contribution in [2.24, 2.45) is 0 Å². The number of thioether (sulfide) groups is 1. The number of nitrogens with zero attached hydrogens (tertiary/aromatic N) is 1. The summed E-state index contributed by atoms with van der Waals surface area (Å²) in [6.07, 6.45) is 3.10. The van der Waals surface area contributed by atoms with Crippen LogP contribution in [0.15, 0.2) is 33.6 Å². The van der Waals surface area contributed by atoms with Crippen LogP contribution in [0.1, 0.15) is 22.4 Å².